The molecule has 0 aromatic rings. The van der Waals surface area contributed by atoms with Crippen molar-refractivity contribution in [3.63, 3.8) is 0 Å². The summed E-state index contributed by atoms with van der Waals surface area (Å²) in [6.45, 7) is 2.85. The molecule has 0 aromatic carbocycles. The number of unbranched alkanes of at least 4 members (excludes halogenated alkanes) is 4. The maximum atomic E-state index is 9.06. The van der Waals surface area contributed by atoms with Crippen molar-refractivity contribution in [1.82, 2.24) is 0 Å². The van der Waals surface area contributed by atoms with E-state index in [1.54, 1.807) is 0 Å². The molecule has 0 spiro atoms. The van der Waals surface area contributed by atoms with Crippen LogP contribution < -0.4 is 0 Å². The number of rotatable bonds is 10. The average Bonchev–Trinajstić information content (AvgIpc) is 2.21. The Morgan fingerprint density at radius 3 is 2.07 bits per heavy atom. The van der Waals surface area contributed by atoms with E-state index >= 15 is 0 Å². The molecule has 0 saturated heterocycles. The molecule has 0 bridgehead atoms. The maximum Gasteiger partial charge on any atom is 0.0459 e. The minimum Gasteiger partial charge on any atom is -0.396 e. The Kier molecular flexibility index (Phi) is 10.9. The molecule has 0 radical (unpaired) electrons. The summed E-state index contributed by atoms with van der Waals surface area (Å²) >= 11 is 0. The van der Waals surface area contributed by atoms with Gasteiger partial charge in [0, 0.05) is 13.2 Å². The summed E-state index contributed by atoms with van der Waals surface area (Å²) in [5, 5.41) is 17.7. The van der Waals surface area contributed by atoms with Gasteiger partial charge in [-0.3, -0.25) is 0 Å². The van der Waals surface area contributed by atoms with Crippen molar-refractivity contribution >= 4 is 0 Å². The molecular weight excluding hydrogens is 176 g/mol. The summed E-state index contributed by atoms with van der Waals surface area (Å²) in [5.74, 6) is 0.526. The van der Waals surface area contributed by atoms with Gasteiger partial charge in [0.25, 0.3) is 0 Å². The van der Waals surface area contributed by atoms with Gasteiger partial charge >= 0.3 is 0 Å². The lowest BCUT2D eigenvalue weighted by Crippen LogP contribution is -2.05. The van der Waals surface area contributed by atoms with Crippen molar-refractivity contribution in [2.75, 3.05) is 13.2 Å². The molecule has 0 aliphatic carbocycles. The minimum absolute atomic E-state index is 0.328. The molecule has 0 saturated carbocycles. The van der Waals surface area contributed by atoms with E-state index in [0.29, 0.717) is 19.1 Å². The van der Waals surface area contributed by atoms with Gasteiger partial charge in [-0.15, -0.1) is 0 Å². The summed E-state index contributed by atoms with van der Waals surface area (Å²) in [7, 11) is 0. The second-order valence-corrected chi connectivity index (χ2v) is 4.12. The van der Waals surface area contributed by atoms with Gasteiger partial charge in [0.15, 0.2) is 0 Å². The highest BCUT2D eigenvalue weighted by Crippen LogP contribution is 2.15. The fourth-order valence-corrected chi connectivity index (χ4v) is 1.81. The SMILES string of the molecule is CCCC(CO)CCCCCCCO. The van der Waals surface area contributed by atoms with E-state index in [1.807, 2.05) is 0 Å². The lowest BCUT2D eigenvalue weighted by molar-refractivity contribution is 0.206. The summed E-state index contributed by atoms with van der Waals surface area (Å²) in [6.07, 6.45) is 9.31. The molecular formula is C12H26O2. The van der Waals surface area contributed by atoms with Gasteiger partial charge in [-0.1, -0.05) is 39.0 Å². The molecule has 2 heteroatoms. The maximum absolute atomic E-state index is 9.06. The van der Waals surface area contributed by atoms with Crippen LogP contribution in [0.25, 0.3) is 0 Å². The summed E-state index contributed by atoms with van der Waals surface area (Å²) in [4.78, 5) is 0. The van der Waals surface area contributed by atoms with Crippen molar-refractivity contribution in [2.24, 2.45) is 5.92 Å². The van der Waals surface area contributed by atoms with Crippen molar-refractivity contribution < 1.29 is 10.2 Å². The fraction of sp³-hybridized carbons (Fsp3) is 1.00. The van der Waals surface area contributed by atoms with Crippen LogP contribution in [0.5, 0.6) is 0 Å². The number of aliphatic hydroxyl groups excluding tert-OH is 2. The molecule has 0 aliphatic heterocycles. The second-order valence-electron chi connectivity index (χ2n) is 4.12. The topological polar surface area (TPSA) is 40.5 Å². The van der Waals surface area contributed by atoms with Crippen molar-refractivity contribution in [3.8, 4) is 0 Å². The van der Waals surface area contributed by atoms with Crippen molar-refractivity contribution in [2.45, 2.75) is 58.3 Å². The summed E-state index contributed by atoms with van der Waals surface area (Å²) in [5.41, 5.74) is 0. The van der Waals surface area contributed by atoms with Crippen LogP contribution >= 0.6 is 0 Å². The number of hydrogen-bond donors (Lipinski definition) is 2. The Morgan fingerprint density at radius 2 is 1.50 bits per heavy atom. The lowest BCUT2D eigenvalue weighted by atomic mass is 9.97. The van der Waals surface area contributed by atoms with Crippen LogP contribution in [0.2, 0.25) is 0 Å². The highest BCUT2D eigenvalue weighted by atomic mass is 16.3. The summed E-state index contributed by atoms with van der Waals surface area (Å²) < 4.78 is 0. The van der Waals surface area contributed by atoms with Gasteiger partial charge in [-0.05, 0) is 25.2 Å². The molecule has 86 valence electrons. The molecule has 0 fully saturated rings. The Balaban J connectivity index is 3.15. The van der Waals surface area contributed by atoms with Crippen LogP contribution in [0, 0.1) is 5.92 Å². The molecule has 1 atom stereocenters. The highest BCUT2D eigenvalue weighted by molar-refractivity contribution is 4.57. The zero-order valence-corrected chi connectivity index (χ0v) is 9.54. The first-order valence-corrected chi connectivity index (χ1v) is 6.06. The third-order valence-corrected chi connectivity index (χ3v) is 2.73. The molecule has 0 aliphatic rings. The molecule has 0 aromatic heterocycles. The zero-order chi connectivity index (χ0) is 10.6. The fourth-order valence-electron chi connectivity index (χ4n) is 1.81. The molecule has 2 nitrogen and oxygen atoms in total. The van der Waals surface area contributed by atoms with E-state index in [1.165, 1.54) is 32.1 Å². The zero-order valence-electron chi connectivity index (χ0n) is 9.54. The number of aliphatic hydroxyl groups is 2. The highest BCUT2D eigenvalue weighted by Gasteiger charge is 2.04. The second kappa shape index (κ2) is 11.0. The molecule has 14 heavy (non-hydrogen) atoms. The Bertz CT molecular complexity index is 104. The molecule has 0 rings (SSSR count). The standard InChI is InChI=1S/C12H26O2/c1-2-8-12(11-14)9-6-4-3-5-7-10-13/h12-14H,2-11H2,1H3. The lowest BCUT2D eigenvalue weighted by Gasteiger charge is -2.12. The van der Waals surface area contributed by atoms with Gasteiger partial charge in [0.05, 0.1) is 0 Å². The summed E-state index contributed by atoms with van der Waals surface area (Å²) in [6, 6.07) is 0. The van der Waals surface area contributed by atoms with Crippen LogP contribution in [0.15, 0.2) is 0 Å². The van der Waals surface area contributed by atoms with Crippen molar-refractivity contribution in [1.29, 1.82) is 0 Å². The minimum atomic E-state index is 0.328. The van der Waals surface area contributed by atoms with E-state index in [4.69, 9.17) is 10.2 Å². The smallest absolute Gasteiger partial charge is 0.0459 e. The van der Waals surface area contributed by atoms with Gasteiger partial charge in [-0.25, -0.2) is 0 Å². The normalized spacial score (nSPS) is 13.1. The Morgan fingerprint density at radius 1 is 0.857 bits per heavy atom. The molecule has 0 amide bonds. The van der Waals surface area contributed by atoms with E-state index in [-0.39, 0.29) is 0 Å². The third-order valence-electron chi connectivity index (χ3n) is 2.73. The molecule has 1 unspecified atom stereocenters. The first-order chi connectivity index (χ1) is 6.85. The van der Waals surface area contributed by atoms with E-state index in [0.717, 1.165) is 19.3 Å². The van der Waals surface area contributed by atoms with Gasteiger partial charge in [-0.2, -0.15) is 0 Å². The van der Waals surface area contributed by atoms with E-state index in [2.05, 4.69) is 6.92 Å². The van der Waals surface area contributed by atoms with Gasteiger partial charge in [0.1, 0.15) is 0 Å². The van der Waals surface area contributed by atoms with E-state index in [9.17, 15) is 0 Å². The predicted octanol–water partition coefficient (Wildman–Crippen LogP) is 2.73. The third kappa shape index (κ3) is 8.52. The van der Waals surface area contributed by atoms with E-state index < -0.39 is 0 Å². The first-order valence-electron chi connectivity index (χ1n) is 6.06. The monoisotopic (exact) mass is 202 g/mol. The molecule has 0 heterocycles. The Labute approximate surface area is 88.3 Å². The average molecular weight is 202 g/mol. The van der Waals surface area contributed by atoms with Crippen LogP contribution in [-0.2, 0) is 0 Å². The van der Waals surface area contributed by atoms with Gasteiger partial charge < -0.3 is 10.2 Å². The van der Waals surface area contributed by atoms with Crippen LogP contribution in [0.1, 0.15) is 58.3 Å². The predicted molar refractivity (Wildman–Crippen MR) is 60.3 cm³/mol. The number of hydrogen-bond acceptors (Lipinski definition) is 2. The van der Waals surface area contributed by atoms with Crippen molar-refractivity contribution in [3.05, 3.63) is 0 Å². The first kappa shape index (κ1) is 13.9. The van der Waals surface area contributed by atoms with Crippen LogP contribution in [-0.4, -0.2) is 23.4 Å². The van der Waals surface area contributed by atoms with Gasteiger partial charge in [0.2, 0.25) is 0 Å². The van der Waals surface area contributed by atoms with Crippen LogP contribution in [0.4, 0.5) is 0 Å². The van der Waals surface area contributed by atoms with Crippen LogP contribution in [0.3, 0.4) is 0 Å². The molecule has 2 N–H and O–H groups in total. The Hall–Kier alpha value is -0.0800. The largest absolute Gasteiger partial charge is 0.396 e. The quantitative estimate of drug-likeness (QED) is 0.535.